The summed E-state index contributed by atoms with van der Waals surface area (Å²) in [7, 11) is 3.73. The van der Waals surface area contributed by atoms with Gasteiger partial charge in [0.1, 0.15) is 5.82 Å². The fourth-order valence-electron chi connectivity index (χ4n) is 4.31. The number of hydrogen-bond acceptors (Lipinski definition) is 5. The Morgan fingerprint density at radius 2 is 1.86 bits per heavy atom. The number of nitrogens with zero attached hydrogens (tertiary/aromatic N) is 3. The van der Waals surface area contributed by atoms with E-state index in [-0.39, 0.29) is 30.7 Å². The predicted molar refractivity (Wildman–Crippen MR) is 131 cm³/mol. The zero-order chi connectivity index (χ0) is 26.0. The summed E-state index contributed by atoms with van der Waals surface area (Å²) >= 11 is 12.2. The van der Waals surface area contributed by atoms with Crippen molar-refractivity contribution in [2.24, 2.45) is 11.1 Å². The number of nitrogens with one attached hydrogen (secondary N) is 1. The molecule has 11 heteroatoms. The number of aromatic nitrogens is 2. The first-order chi connectivity index (χ1) is 16.3. The van der Waals surface area contributed by atoms with E-state index in [0.717, 1.165) is 12.5 Å². The SMILES string of the molecule is CN(C)[C@H](CNC(=O)CC(c1ncc(Cl)cn1)C1(C(C)(F)F)CC1)Cc1ccc(C(N)=O)cc1Cl. The maximum atomic E-state index is 14.5. The number of benzene rings is 1. The molecule has 35 heavy (non-hydrogen) atoms. The van der Waals surface area contributed by atoms with Gasteiger partial charge in [0.05, 0.1) is 5.02 Å². The molecule has 1 heterocycles. The molecule has 0 aliphatic heterocycles. The van der Waals surface area contributed by atoms with Gasteiger partial charge in [0.15, 0.2) is 0 Å². The molecule has 2 atom stereocenters. The van der Waals surface area contributed by atoms with Gasteiger partial charge in [0.2, 0.25) is 11.8 Å². The van der Waals surface area contributed by atoms with Crippen molar-refractivity contribution >= 4 is 35.0 Å². The number of carbonyl (C=O) groups is 2. The van der Waals surface area contributed by atoms with Crippen molar-refractivity contribution in [1.82, 2.24) is 20.2 Å². The molecule has 2 aromatic rings. The average Bonchev–Trinajstić information content (AvgIpc) is 3.58. The summed E-state index contributed by atoms with van der Waals surface area (Å²) in [5.74, 6) is -4.57. The molecule has 1 unspecified atom stereocenters. The molecular weight excluding hydrogens is 499 g/mol. The van der Waals surface area contributed by atoms with Crippen molar-refractivity contribution in [3.63, 3.8) is 0 Å². The molecule has 2 amide bonds. The fraction of sp³-hybridized carbons (Fsp3) is 0.500. The van der Waals surface area contributed by atoms with Crippen molar-refractivity contribution in [2.45, 2.75) is 50.5 Å². The summed E-state index contributed by atoms with van der Waals surface area (Å²) in [5, 5.41) is 3.57. The summed E-state index contributed by atoms with van der Waals surface area (Å²) in [6.45, 7) is 1.15. The third-order valence-corrected chi connectivity index (χ3v) is 7.28. The predicted octanol–water partition coefficient (Wildman–Crippen LogP) is 4.08. The highest BCUT2D eigenvalue weighted by atomic mass is 35.5. The number of alkyl halides is 2. The van der Waals surface area contributed by atoms with E-state index < -0.39 is 23.2 Å². The van der Waals surface area contributed by atoms with Crippen LogP contribution in [0, 0.1) is 5.41 Å². The highest BCUT2D eigenvalue weighted by Crippen LogP contribution is 2.65. The van der Waals surface area contributed by atoms with Crippen LogP contribution in [0.5, 0.6) is 0 Å². The maximum Gasteiger partial charge on any atom is 0.251 e. The van der Waals surface area contributed by atoms with Gasteiger partial charge in [0, 0.05) is 53.3 Å². The van der Waals surface area contributed by atoms with Crippen molar-refractivity contribution < 1.29 is 18.4 Å². The molecule has 190 valence electrons. The second-order valence-corrected chi connectivity index (χ2v) is 10.2. The van der Waals surface area contributed by atoms with Crippen LogP contribution in [-0.4, -0.2) is 59.3 Å². The average molecular weight is 528 g/mol. The van der Waals surface area contributed by atoms with Gasteiger partial charge in [-0.2, -0.15) is 0 Å². The van der Waals surface area contributed by atoms with Crippen LogP contribution >= 0.6 is 23.2 Å². The van der Waals surface area contributed by atoms with E-state index in [4.69, 9.17) is 28.9 Å². The standard InChI is InChI=1S/C24H29Cl2F2N5O2/c1-23(27,28)24(6-7-24)18(22-31-11-16(25)12-32-22)10-20(34)30-13-17(33(2)3)8-14-4-5-15(21(29)35)9-19(14)26/h4-5,9,11-12,17-18H,6-8,10,13H2,1-3H3,(H2,29,35)(H,30,34)/t17-,18?/m0/s1. The van der Waals surface area contributed by atoms with E-state index in [1.54, 1.807) is 12.1 Å². The first kappa shape index (κ1) is 27.2. The first-order valence-corrected chi connectivity index (χ1v) is 12.0. The largest absolute Gasteiger partial charge is 0.366 e. The molecule has 7 nitrogen and oxygen atoms in total. The Balaban J connectivity index is 1.71. The number of carbonyl (C=O) groups excluding carboxylic acids is 2. The van der Waals surface area contributed by atoms with E-state index in [1.165, 1.54) is 18.5 Å². The Morgan fingerprint density at radius 3 is 2.34 bits per heavy atom. The summed E-state index contributed by atoms with van der Waals surface area (Å²) in [5.41, 5.74) is 5.05. The van der Waals surface area contributed by atoms with Crippen LogP contribution in [0.1, 0.15) is 53.8 Å². The van der Waals surface area contributed by atoms with Crippen LogP contribution in [0.15, 0.2) is 30.6 Å². The molecule has 0 bridgehead atoms. The number of amides is 2. The Labute approximate surface area is 213 Å². The molecule has 0 radical (unpaired) electrons. The number of primary amides is 1. The fourth-order valence-corrected chi connectivity index (χ4v) is 4.67. The van der Waals surface area contributed by atoms with Crippen molar-refractivity contribution in [1.29, 1.82) is 0 Å². The lowest BCUT2D eigenvalue weighted by Crippen LogP contribution is -2.43. The normalized spacial score (nSPS) is 16.6. The Hall–Kier alpha value is -2.36. The van der Waals surface area contributed by atoms with Crippen LogP contribution in [-0.2, 0) is 11.2 Å². The molecule has 1 aromatic heterocycles. The Bertz CT molecular complexity index is 1070. The summed E-state index contributed by atoms with van der Waals surface area (Å²) < 4.78 is 29.1. The molecule has 0 saturated heterocycles. The zero-order valence-corrected chi connectivity index (χ0v) is 21.3. The third-order valence-electron chi connectivity index (χ3n) is 6.73. The molecule has 3 rings (SSSR count). The van der Waals surface area contributed by atoms with Gasteiger partial charge in [-0.3, -0.25) is 9.59 Å². The minimum absolute atomic E-state index is 0.136. The number of halogens is 4. The molecule has 3 N–H and O–H groups in total. The number of rotatable bonds is 11. The van der Waals surface area contributed by atoms with E-state index in [1.807, 2.05) is 19.0 Å². The van der Waals surface area contributed by atoms with Gasteiger partial charge in [-0.1, -0.05) is 29.3 Å². The zero-order valence-electron chi connectivity index (χ0n) is 19.8. The molecule has 0 spiro atoms. The number of nitrogens with two attached hydrogens (primary N) is 1. The molecule has 1 aliphatic carbocycles. The third kappa shape index (κ3) is 6.45. The first-order valence-electron chi connectivity index (χ1n) is 11.2. The Kier molecular flexibility index (Phi) is 8.34. The summed E-state index contributed by atoms with van der Waals surface area (Å²) in [4.78, 5) is 34.5. The van der Waals surface area contributed by atoms with Crippen LogP contribution in [0.4, 0.5) is 8.78 Å². The van der Waals surface area contributed by atoms with Crippen molar-refractivity contribution in [3.05, 3.63) is 57.6 Å². The molecule has 1 aliphatic rings. The lowest BCUT2D eigenvalue weighted by Gasteiger charge is -2.31. The minimum Gasteiger partial charge on any atom is -0.366 e. The minimum atomic E-state index is -2.99. The van der Waals surface area contributed by atoms with Crippen molar-refractivity contribution in [2.75, 3.05) is 20.6 Å². The molecular formula is C24H29Cl2F2N5O2. The van der Waals surface area contributed by atoms with Gasteiger partial charge in [-0.05, 0) is 58.0 Å². The molecule has 1 fully saturated rings. The highest BCUT2D eigenvalue weighted by Gasteiger charge is 2.64. The summed E-state index contributed by atoms with van der Waals surface area (Å²) in [6.07, 6.45) is 3.62. The monoisotopic (exact) mass is 527 g/mol. The smallest absolute Gasteiger partial charge is 0.251 e. The maximum absolute atomic E-state index is 14.5. The van der Waals surface area contributed by atoms with Crippen LogP contribution < -0.4 is 11.1 Å². The van der Waals surface area contributed by atoms with Gasteiger partial charge in [0.25, 0.3) is 5.92 Å². The lowest BCUT2D eigenvalue weighted by molar-refractivity contribution is -0.124. The van der Waals surface area contributed by atoms with Crippen molar-refractivity contribution in [3.8, 4) is 0 Å². The topological polar surface area (TPSA) is 101 Å². The quantitative estimate of drug-likeness (QED) is 0.458. The second kappa shape index (κ2) is 10.7. The van der Waals surface area contributed by atoms with Gasteiger partial charge in [-0.15, -0.1) is 0 Å². The van der Waals surface area contributed by atoms with E-state index in [9.17, 15) is 18.4 Å². The molecule has 1 aromatic carbocycles. The van der Waals surface area contributed by atoms with Crippen LogP contribution in [0.25, 0.3) is 0 Å². The lowest BCUT2D eigenvalue weighted by atomic mass is 9.80. The van der Waals surface area contributed by atoms with Crippen LogP contribution in [0.2, 0.25) is 10.0 Å². The van der Waals surface area contributed by atoms with Gasteiger partial charge >= 0.3 is 0 Å². The number of hydrogen-bond donors (Lipinski definition) is 2. The highest BCUT2D eigenvalue weighted by molar-refractivity contribution is 6.31. The second-order valence-electron chi connectivity index (χ2n) is 9.36. The van der Waals surface area contributed by atoms with E-state index in [2.05, 4.69) is 15.3 Å². The van der Waals surface area contributed by atoms with E-state index in [0.29, 0.717) is 34.9 Å². The summed E-state index contributed by atoms with van der Waals surface area (Å²) in [6, 6.07) is 4.71. The van der Waals surface area contributed by atoms with Gasteiger partial charge < -0.3 is 16.0 Å². The van der Waals surface area contributed by atoms with Crippen LogP contribution in [0.3, 0.4) is 0 Å². The number of likely N-dealkylation sites (N-methyl/N-ethyl adjacent to an activating group) is 1. The molecule has 1 saturated carbocycles. The van der Waals surface area contributed by atoms with Gasteiger partial charge in [-0.25, -0.2) is 18.7 Å². The van der Waals surface area contributed by atoms with E-state index >= 15 is 0 Å². The Morgan fingerprint density at radius 1 is 1.23 bits per heavy atom.